The van der Waals surface area contributed by atoms with Crippen LogP contribution in [0.2, 0.25) is 0 Å². The lowest BCUT2D eigenvalue weighted by Crippen LogP contribution is -1.82. The van der Waals surface area contributed by atoms with Gasteiger partial charge in [-0.3, -0.25) is 0 Å². The Bertz CT molecular complexity index is 288. The highest BCUT2D eigenvalue weighted by molar-refractivity contribution is 14.1. The third-order valence-corrected chi connectivity index (χ3v) is 3.49. The van der Waals surface area contributed by atoms with Crippen molar-refractivity contribution in [2.24, 2.45) is 5.16 Å². The minimum Gasteiger partial charge on any atom is -0.411 e. The van der Waals surface area contributed by atoms with E-state index in [1.54, 1.807) is 0 Å². The maximum absolute atomic E-state index is 8.23. The summed E-state index contributed by atoms with van der Waals surface area (Å²) < 4.78 is 2.15. The molecular formula is C7H5BrINO. The fourth-order valence-electron chi connectivity index (χ4n) is 0.659. The first-order chi connectivity index (χ1) is 5.24. The van der Waals surface area contributed by atoms with Crippen molar-refractivity contribution in [1.29, 1.82) is 0 Å². The maximum atomic E-state index is 8.23. The van der Waals surface area contributed by atoms with E-state index in [1.807, 2.05) is 18.2 Å². The summed E-state index contributed by atoms with van der Waals surface area (Å²) >= 11 is 5.58. The van der Waals surface area contributed by atoms with E-state index < -0.39 is 0 Å². The number of rotatable bonds is 1. The second kappa shape index (κ2) is 4.06. The minimum atomic E-state index is 0.875. The van der Waals surface area contributed by atoms with Gasteiger partial charge in [-0.05, 0) is 56.2 Å². The van der Waals surface area contributed by atoms with E-state index in [0.717, 1.165) is 13.6 Å². The molecule has 0 heterocycles. The molecule has 0 unspecified atom stereocenters. The summed E-state index contributed by atoms with van der Waals surface area (Å²) in [5, 5.41) is 11.2. The van der Waals surface area contributed by atoms with Crippen molar-refractivity contribution in [3.63, 3.8) is 0 Å². The zero-order chi connectivity index (χ0) is 8.27. The zero-order valence-corrected chi connectivity index (χ0v) is 9.20. The lowest BCUT2D eigenvalue weighted by molar-refractivity contribution is 0.322. The quantitative estimate of drug-likeness (QED) is 0.366. The van der Waals surface area contributed by atoms with E-state index in [4.69, 9.17) is 5.21 Å². The number of halogens is 2. The standard InChI is InChI=1S/C7H5BrINO/c8-6-3-5(4-10-11)1-2-7(6)9/h1-4,11H. The molecule has 1 aromatic carbocycles. The van der Waals surface area contributed by atoms with Crippen LogP contribution < -0.4 is 0 Å². The van der Waals surface area contributed by atoms with Gasteiger partial charge in [0.15, 0.2) is 0 Å². The van der Waals surface area contributed by atoms with Crippen LogP contribution in [0.3, 0.4) is 0 Å². The first kappa shape index (κ1) is 8.99. The molecule has 58 valence electrons. The molecule has 0 radical (unpaired) electrons. The van der Waals surface area contributed by atoms with E-state index in [2.05, 4.69) is 43.7 Å². The number of nitrogens with zero attached hydrogens (tertiary/aromatic N) is 1. The van der Waals surface area contributed by atoms with Crippen LogP contribution in [0.5, 0.6) is 0 Å². The molecule has 0 saturated carbocycles. The minimum absolute atomic E-state index is 0.875. The fourth-order valence-corrected chi connectivity index (χ4v) is 1.39. The summed E-state index contributed by atoms with van der Waals surface area (Å²) in [6, 6.07) is 5.72. The number of oxime groups is 1. The molecule has 0 amide bonds. The molecule has 0 bridgehead atoms. The van der Waals surface area contributed by atoms with Crippen LogP contribution in [0.25, 0.3) is 0 Å². The van der Waals surface area contributed by atoms with Gasteiger partial charge in [0.1, 0.15) is 0 Å². The molecular weight excluding hydrogens is 321 g/mol. The molecule has 0 saturated heterocycles. The summed E-state index contributed by atoms with van der Waals surface area (Å²) in [6.45, 7) is 0. The van der Waals surface area contributed by atoms with Crippen LogP contribution in [0, 0.1) is 3.57 Å². The molecule has 4 heteroatoms. The van der Waals surface area contributed by atoms with Crippen LogP contribution in [-0.4, -0.2) is 11.4 Å². The molecule has 11 heavy (non-hydrogen) atoms. The van der Waals surface area contributed by atoms with Crippen molar-refractivity contribution in [2.45, 2.75) is 0 Å². The van der Waals surface area contributed by atoms with Gasteiger partial charge in [0.2, 0.25) is 0 Å². The molecule has 0 aliphatic heterocycles. The van der Waals surface area contributed by atoms with Gasteiger partial charge >= 0.3 is 0 Å². The van der Waals surface area contributed by atoms with Crippen molar-refractivity contribution in [3.8, 4) is 0 Å². The Labute approximate surface area is 86.6 Å². The van der Waals surface area contributed by atoms with Crippen LogP contribution in [0.4, 0.5) is 0 Å². The SMILES string of the molecule is ON=Cc1ccc(I)c(Br)c1. The molecule has 0 fully saturated rings. The molecule has 0 aromatic heterocycles. The van der Waals surface area contributed by atoms with Gasteiger partial charge in [0.05, 0.1) is 6.21 Å². The average Bonchev–Trinajstić information content (AvgIpc) is 1.98. The molecule has 0 aliphatic rings. The van der Waals surface area contributed by atoms with Crippen LogP contribution in [0.1, 0.15) is 5.56 Å². The molecule has 2 nitrogen and oxygen atoms in total. The van der Waals surface area contributed by atoms with Crippen LogP contribution in [0.15, 0.2) is 27.8 Å². The fraction of sp³-hybridized carbons (Fsp3) is 0. The topological polar surface area (TPSA) is 32.6 Å². The summed E-state index contributed by atoms with van der Waals surface area (Å²) in [6.07, 6.45) is 1.39. The lowest BCUT2D eigenvalue weighted by Gasteiger charge is -1.95. The van der Waals surface area contributed by atoms with E-state index in [9.17, 15) is 0 Å². The van der Waals surface area contributed by atoms with Gasteiger partial charge in [-0.15, -0.1) is 0 Å². The molecule has 1 aromatic rings. The predicted molar refractivity (Wildman–Crippen MR) is 56.2 cm³/mol. The first-order valence-electron chi connectivity index (χ1n) is 2.86. The Hall–Kier alpha value is -0.100. The van der Waals surface area contributed by atoms with Crippen molar-refractivity contribution >= 4 is 44.7 Å². The Morgan fingerprint density at radius 3 is 2.82 bits per heavy atom. The number of benzene rings is 1. The van der Waals surface area contributed by atoms with Crippen molar-refractivity contribution in [3.05, 3.63) is 31.8 Å². The van der Waals surface area contributed by atoms with E-state index in [-0.39, 0.29) is 0 Å². The van der Waals surface area contributed by atoms with E-state index >= 15 is 0 Å². The molecule has 1 N–H and O–H groups in total. The predicted octanol–water partition coefficient (Wildman–Crippen LogP) is 2.86. The molecule has 0 atom stereocenters. The largest absolute Gasteiger partial charge is 0.411 e. The summed E-state index contributed by atoms with van der Waals surface area (Å²) in [5.41, 5.74) is 0.875. The zero-order valence-electron chi connectivity index (χ0n) is 5.46. The second-order valence-electron chi connectivity index (χ2n) is 1.92. The third kappa shape index (κ3) is 2.44. The highest BCUT2D eigenvalue weighted by Crippen LogP contribution is 2.19. The Morgan fingerprint density at radius 2 is 2.27 bits per heavy atom. The average molecular weight is 326 g/mol. The Balaban J connectivity index is 3.05. The normalized spacial score (nSPS) is 10.7. The monoisotopic (exact) mass is 325 g/mol. The van der Waals surface area contributed by atoms with Gasteiger partial charge in [-0.2, -0.15) is 0 Å². The van der Waals surface area contributed by atoms with E-state index in [1.165, 1.54) is 6.21 Å². The second-order valence-corrected chi connectivity index (χ2v) is 3.93. The van der Waals surface area contributed by atoms with E-state index in [0.29, 0.717) is 0 Å². The Morgan fingerprint density at radius 1 is 1.55 bits per heavy atom. The van der Waals surface area contributed by atoms with Gasteiger partial charge in [-0.1, -0.05) is 11.2 Å². The third-order valence-electron chi connectivity index (χ3n) is 1.15. The summed E-state index contributed by atoms with van der Waals surface area (Å²) in [7, 11) is 0. The van der Waals surface area contributed by atoms with Crippen molar-refractivity contribution in [2.75, 3.05) is 0 Å². The first-order valence-corrected chi connectivity index (χ1v) is 4.73. The van der Waals surface area contributed by atoms with Gasteiger partial charge < -0.3 is 5.21 Å². The van der Waals surface area contributed by atoms with Crippen molar-refractivity contribution < 1.29 is 5.21 Å². The smallest absolute Gasteiger partial charge is 0.0734 e. The lowest BCUT2D eigenvalue weighted by atomic mass is 10.2. The summed E-state index contributed by atoms with van der Waals surface area (Å²) in [4.78, 5) is 0. The van der Waals surface area contributed by atoms with Gasteiger partial charge in [0, 0.05) is 8.04 Å². The van der Waals surface area contributed by atoms with Crippen LogP contribution >= 0.6 is 38.5 Å². The number of hydrogen-bond donors (Lipinski definition) is 1. The summed E-state index contributed by atoms with van der Waals surface area (Å²) in [5.74, 6) is 0. The molecule has 1 rings (SSSR count). The Kier molecular flexibility index (Phi) is 3.32. The molecule has 0 spiro atoms. The highest BCUT2D eigenvalue weighted by atomic mass is 127. The van der Waals surface area contributed by atoms with Gasteiger partial charge in [0.25, 0.3) is 0 Å². The number of hydrogen-bond acceptors (Lipinski definition) is 2. The molecule has 0 aliphatic carbocycles. The maximum Gasteiger partial charge on any atom is 0.0734 e. The highest BCUT2D eigenvalue weighted by Gasteiger charge is 1.95. The van der Waals surface area contributed by atoms with Gasteiger partial charge in [-0.25, -0.2) is 0 Å². The van der Waals surface area contributed by atoms with Crippen molar-refractivity contribution in [1.82, 2.24) is 0 Å². The van der Waals surface area contributed by atoms with Crippen LogP contribution in [-0.2, 0) is 0 Å².